The number of likely N-dealkylation sites (N-methyl/N-ethyl adjacent to an activating group) is 2. The Morgan fingerprint density at radius 2 is 1.63 bits per heavy atom. The number of benzene rings is 2. The molecule has 0 spiro atoms. The van der Waals surface area contributed by atoms with E-state index in [1.807, 2.05) is 0 Å². The van der Waals surface area contributed by atoms with Crippen LogP contribution in [0.2, 0.25) is 0 Å². The summed E-state index contributed by atoms with van der Waals surface area (Å²) >= 11 is 0. The zero-order chi connectivity index (χ0) is 26.0. The number of rotatable bonds is 11. The lowest BCUT2D eigenvalue weighted by molar-refractivity contribution is -0.264. The molecule has 0 saturated carbocycles. The van der Waals surface area contributed by atoms with Crippen LogP contribution in [-0.2, 0) is 14.8 Å². The first kappa shape index (κ1) is 27.5. The van der Waals surface area contributed by atoms with Crippen LogP contribution in [-0.4, -0.2) is 68.7 Å². The molecule has 0 saturated heterocycles. The number of nitrogens with one attached hydrogen (secondary N) is 1. The number of amides is 2. The van der Waals surface area contributed by atoms with Crippen molar-refractivity contribution in [2.75, 3.05) is 33.9 Å². The molecular weight excluding hydrogens is 478 g/mol. The molecule has 0 heterocycles. The van der Waals surface area contributed by atoms with E-state index < -0.39 is 28.1 Å². The molecule has 11 nitrogen and oxygen atoms in total. The standard InChI is InChI=1S/C23H27N3O8S/c1-4-5-15-33-19-10-12-20(13-11-19)35(31,32)26(3)21(22(27)24-30)17-6-8-18(9-7-17)34-16-14-25(2)23(28)29/h6-13,21,30H,14-16H2,1-3H3,(H,24,27)(H,28,29)/p-1. The monoisotopic (exact) mass is 504 g/mol. The van der Waals surface area contributed by atoms with Gasteiger partial charge < -0.3 is 24.3 Å². The van der Waals surface area contributed by atoms with Gasteiger partial charge in [-0.2, -0.15) is 4.31 Å². The van der Waals surface area contributed by atoms with Gasteiger partial charge in [0.25, 0.3) is 5.91 Å². The van der Waals surface area contributed by atoms with Gasteiger partial charge in [0, 0.05) is 14.1 Å². The Morgan fingerprint density at radius 3 is 2.17 bits per heavy atom. The van der Waals surface area contributed by atoms with E-state index in [2.05, 4.69) is 11.8 Å². The molecule has 2 amide bonds. The highest BCUT2D eigenvalue weighted by Crippen LogP contribution is 2.28. The molecule has 1 unspecified atom stereocenters. The number of hydroxylamine groups is 1. The van der Waals surface area contributed by atoms with Gasteiger partial charge in [-0.15, -0.1) is 5.92 Å². The van der Waals surface area contributed by atoms with Crippen LogP contribution < -0.4 is 20.1 Å². The minimum absolute atomic E-state index is 0.0589. The zero-order valence-electron chi connectivity index (χ0n) is 19.4. The normalized spacial score (nSPS) is 11.7. The first-order valence-electron chi connectivity index (χ1n) is 10.3. The van der Waals surface area contributed by atoms with E-state index >= 15 is 0 Å². The largest absolute Gasteiger partial charge is 0.530 e. The number of carboxylic acid groups (broad SMARTS) is 1. The van der Waals surface area contributed by atoms with Gasteiger partial charge in [-0.25, -0.2) is 13.9 Å². The second-order valence-electron chi connectivity index (χ2n) is 7.19. The number of hydrogen-bond acceptors (Lipinski definition) is 8. The fraction of sp³-hybridized carbons (Fsp3) is 0.304. The van der Waals surface area contributed by atoms with Crippen molar-refractivity contribution in [3.05, 3.63) is 54.1 Å². The predicted octanol–water partition coefficient (Wildman–Crippen LogP) is 0.610. The molecule has 0 aliphatic rings. The Morgan fingerprint density at radius 1 is 1.06 bits per heavy atom. The van der Waals surface area contributed by atoms with Gasteiger partial charge in [-0.1, -0.05) is 18.1 Å². The molecule has 0 fully saturated rings. The number of nitrogens with zero attached hydrogens (tertiary/aromatic N) is 2. The molecule has 188 valence electrons. The summed E-state index contributed by atoms with van der Waals surface area (Å²) in [5, 5.41) is 19.9. The first-order chi connectivity index (χ1) is 16.6. The topological polar surface area (TPSA) is 149 Å². The van der Waals surface area contributed by atoms with Crippen molar-refractivity contribution in [3.8, 4) is 23.3 Å². The van der Waals surface area contributed by atoms with E-state index in [0.29, 0.717) is 11.5 Å². The molecule has 2 aromatic rings. The summed E-state index contributed by atoms with van der Waals surface area (Å²) in [7, 11) is -1.58. The maximum Gasteiger partial charge on any atom is 0.266 e. The second kappa shape index (κ2) is 12.6. The number of carbonyl (C=O) groups is 2. The van der Waals surface area contributed by atoms with E-state index in [9.17, 15) is 28.3 Å². The predicted molar refractivity (Wildman–Crippen MR) is 123 cm³/mol. The van der Waals surface area contributed by atoms with Crippen molar-refractivity contribution in [3.63, 3.8) is 0 Å². The number of ether oxygens (including phenoxy) is 2. The van der Waals surface area contributed by atoms with Gasteiger partial charge in [0.2, 0.25) is 10.0 Å². The van der Waals surface area contributed by atoms with E-state index in [4.69, 9.17) is 9.47 Å². The fourth-order valence-electron chi connectivity index (χ4n) is 2.93. The maximum atomic E-state index is 13.2. The Bertz CT molecular complexity index is 1170. The Kier molecular flexibility index (Phi) is 9.89. The summed E-state index contributed by atoms with van der Waals surface area (Å²) < 4.78 is 38.0. The van der Waals surface area contributed by atoms with Gasteiger partial charge in [-0.3, -0.25) is 10.0 Å². The van der Waals surface area contributed by atoms with Crippen LogP contribution in [0.25, 0.3) is 0 Å². The molecule has 0 aliphatic heterocycles. The molecule has 0 radical (unpaired) electrons. The van der Waals surface area contributed by atoms with Crippen LogP contribution in [0, 0.1) is 11.8 Å². The van der Waals surface area contributed by atoms with Crippen molar-refractivity contribution in [1.82, 2.24) is 14.7 Å². The van der Waals surface area contributed by atoms with Crippen LogP contribution in [0.4, 0.5) is 4.79 Å². The summed E-state index contributed by atoms with van der Waals surface area (Å²) in [5.74, 6) is 5.26. The van der Waals surface area contributed by atoms with Crippen LogP contribution in [0.15, 0.2) is 53.4 Å². The third-order valence-corrected chi connectivity index (χ3v) is 6.75. The number of carbonyl (C=O) groups excluding carboxylic acids is 2. The molecule has 0 bridgehead atoms. The molecule has 1 atom stereocenters. The van der Waals surface area contributed by atoms with Gasteiger partial charge >= 0.3 is 0 Å². The Hall–Kier alpha value is -3.79. The van der Waals surface area contributed by atoms with E-state index in [1.165, 1.54) is 68.1 Å². The lowest BCUT2D eigenvalue weighted by atomic mass is 10.1. The maximum absolute atomic E-state index is 13.2. The van der Waals surface area contributed by atoms with Crippen LogP contribution >= 0.6 is 0 Å². The zero-order valence-corrected chi connectivity index (χ0v) is 20.2. The van der Waals surface area contributed by atoms with Crippen LogP contribution in [0.3, 0.4) is 0 Å². The third kappa shape index (κ3) is 7.35. The molecule has 12 heteroatoms. The molecule has 0 aromatic heterocycles. The highest BCUT2D eigenvalue weighted by Gasteiger charge is 2.34. The van der Waals surface area contributed by atoms with Crippen molar-refractivity contribution in [1.29, 1.82) is 0 Å². The van der Waals surface area contributed by atoms with E-state index in [0.717, 1.165) is 9.21 Å². The average molecular weight is 505 g/mol. The number of hydrogen-bond donors (Lipinski definition) is 2. The lowest BCUT2D eigenvalue weighted by Crippen LogP contribution is -2.40. The van der Waals surface area contributed by atoms with Crippen molar-refractivity contribution in [2.45, 2.75) is 17.9 Å². The van der Waals surface area contributed by atoms with Gasteiger partial charge in [-0.05, 0) is 48.9 Å². The van der Waals surface area contributed by atoms with Gasteiger partial charge in [0.15, 0.2) is 0 Å². The minimum Gasteiger partial charge on any atom is -0.530 e. The third-order valence-electron chi connectivity index (χ3n) is 4.91. The summed E-state index contributed by atoms with van der Waals surface area (Å²) in [5.41, 5.74) is 1.77. The molecule has 2 aromatic carbocycles. The quantitative estimate of drug-likeness (QED) is 0.257. The first-order valence-corrected chi connectivity index (χ1v) is 11.7. The second-order valence-corrected chi connectivity index (χ2v) is 9.19. The van der Waals surface area contributed by atoms with Gasteiger partial charge in [0.05, 0.1) is 11.4 Å². The molecular formula is C23H26N3O8S-. The van der Waals surface area contributed by atoms with E-state index in [1.54, 1.807) is 6.92 Å². The summed E-state index contributed by atoms with van der Waals surface area (Å²) in [6, 6.07) is 10.2. The molecule has 0 aliphatic carbocycles. The summed E-state index contributed by atoms with van der Waals surface area (Å²) in [6.45, 7) is 1.97. The van der Waals surface area contributed by atoms with Crippen molar-refractivity contribution < 1.29 is 37.8 Å². The van der Waals surface area contributed by atoms with Gasteiger partial charge in [0.1, 0.15) is 36.8 Å². The lowest BCUT2D eigenvalue weighted by Gasteiger charge is -2.26. The minimum atomic E-state index is -4.15. The Balaban J connectivity index is 2.20. The smallest absolute Gasteiger partial charge is 0.266 e. The molecule has 2 N–H and O–H groups in total. The molecule has 35 heavy (non-hydrogen) atoms. The van der Waals surface area contributed by atoms with E-state index in [-0.39, 0.29) is 30.2 Å². The Labute approximate surface area is 203 Å². The highest BCUT2D eigenvalue weighted by atomic mass is 32.2. The van der Waals surface area contributed by atoms with Crippen LogP contribution in [0.5, 0.6) is 11.5 Å². The van der Waals surface area contributed by atoms with Crippen LogP contribution in [0.1, 0.15) is 18.5 Å². The van der Waals surface area contributed by atoms with Crippen molar-refractivity contribution >= 4 is 22.0 Å². The molecule has 2 rings (SSSR count). The average Bonchev–Trinajstić information content (AvgIpc) is 2.85. The number of sulfonamides is 1. The summed E-state index contributed by atoms with van der Waals surface area (Å²) in [6.07, 6.45) is -1.33. The van der Waals surface area contributed by atoms with Crippen molar-refractivity contribution in [2.24, 2.45) is 0 Å². The fourth-order valence-corrected chi connectivity index (χ4v) is 4.24. The highest BCUT2D eigenvalue weighted by molar-refractivity contribution is 7.89. The summed E-state index contributed by atoms with van der Waals surface area (Å²) in [4.78, 5) is 24.0. The SMILES string of the molecule is CC#CCOc1ccc(S(=O)(=O)N(C)C(C(=O)NO)c2ccc(OCCN(C)C(=O)[O-])cc2)cc1.